The molecule has 34 heavy (non-hydrogen) atoms. The van der Waals surface area contributed by atoms with Crippen LogP contribution < -0.4 is 10.1 Å². The molecular formula is C26H33N3O5. The van der Waals surface area contributed by atoms with Crippen molar-refractivity contribution in [3.05, 3.63) is 59.7 Å². The molecule has 8 heteroatoms. The SMILES string of the molecule is CO[C@@H]1CN(C)C(=O)c2cc(NC(=O)c3ccccc3)ccc2OC[C@H](C)N(C(C)=O)C[C@@H]1C. The normalized spacial score (nSPS) is 21.6. The quantitative estimate of drug-likeness (QED) is 0.748. The van der Waals surface area contributed by atoms with Crippen LogP contribution in [0.25, 0.3) is 0 Å². The van der Waals surface area contributed by atoms with E-state index in [1.54, 1.807) is 73.3 Å². The van der Waals surface area contributed by atoms with Crippen LogP contribution in [0.1, 0.15) is 41.5 Å². The van der Waals surface area contributed by atoms with Crippen molar-refractivity contribution in [1.82, 2.24) is 9.80 Å². The van der Waals surface area contributed by atoms with Gasteiger partial charge in [-0.2, -0.15) is 0 Å². The number of ether oxygens (including phenoxy) is 2. The summed E-state index contributed by atoms with van der Waals surface area (Å²) in [4.78, 5) is 41.7. The first-order chi connectivity index (χ1) is 16.2. The fourth-order valence-corrected chi connectivity index (χ4v) is 4.09. The summed E-state index contributed by atoms with van der Waals surface area (Å²) in [6.45, 7) is 6.54. The van der Waals surface area contributed by atoms with Gasteiger partial charge in [0.25, 0.3) is 11.8 Å². The van der Waals surface area contributed by atoms with Crippen LogP contribution in [0, 0.1) is 5.92 Å². The Hall–Kier alpha value is -3.39. The summed E-state index contributed by atoms with van der Waals surface area (Å²) in [5, 5.41) is 2.85. The Labute approximate surface area is 200 Å². The fourth-order valence-electron chi connectivity index (χ4n) is 4.09. The Morgan fingerprint density at radius 1 is 1.09 bits per heavy atom. The number of methoxy groups -OCH3 is 1. The van der Waals surface area contributed by atoms with E-state index >= 15 is 0 Å². The van der Waals surface area contributed by atoms with Crippen LogP contribution in [0.5, 0.6) is 5.75 Å². The van der Waals surface area contributed by atoms with Crippen LogP contribution in [0.3, 0.4) is 0 Å². The summed E-state index contributed by atoms with van der Waals surface area (Å²) < 4.78 is 11.7. The van der Waals surface area contributed by atoms with Crippen LogP contribution in [0.15, 0.2) is 48.5 Å². The standard InChI is InChI=1S/C26H33N3O5/c1-17-14-29(19(3)30)18(2)16-34-23-12-11-21(27-25(31)20-9-7-6-8-10-20)13-22(23)26(32)28(4)15-24(17)33-5/h6-13,17-18,24H,14-16H2,1-5H3,(H,27,31)/t17-,18-,24+/m0/s1. The molecule has 8 nitrogen and oxygen atoms in total. The molecule has 2 aromatic rings. The summed E-state index contributed by atoms with van der Waals surface area (Å²) in [6.07, 6.45) is -0.257. The van der Waals surface area contributed by atoms with Gasteiger partial charge in [0.2, 0.25) is 5.91 Å². The highest BCUT2D eigenvalue weighted by atomic mass is 16.5. The lowest BCUT2D eigenvalue weighted by molar-refractivity contribution is -0.133. The minimum atomic E-state index is -0.269. The van der Waals surface area contributed by atoms with Gasteiger partial charge in [-0.1, -0.05) is 25.1 Å². The third kappa shape index (κ3) is 5.94. The maximum Gasteiger partial charge on any atom is 0.257 e. The van der Waals surface area contributed by atoms with Gasteiger partial charge in [-0.15, -0.1) is 0 Å². The zero-order valence-corrected chi connectivity index (χ0v) is 20.4. The van der Waals surface area contributed by atoms with Crippen molar-refractivity contribution in [1.29, 1.82) is 0 Å². The third-order valence-corrected chi connectivity index (χ3v) is 6.14. The van der Waals surface area contributed by atoms with Crippen LogP contribution in [-0.4, -0.2) is 73.5 Å². The zero-order valence-electron chi connectivity index (χ0n) is 20.4. The van der Waals surface area contributed by atoms with E-state index in [0.29, 0.717) is 35.7 Å². The number of fused-ring (bicyclic) bond motifs is 1. The predicted molar refractivity (Wildman–Crippen MR) is 130 cm³/mol. The monoisotopic (exact) mass is 467 g/mol. The number of rotatable bonds is 3. The second-order valence-corrected chi connectivity index (χ2v) is 8.80. The first-order valence-corrected chi connectivity index (χ1v) is 11.4. The van der Waals surface area contributed by atoms with Crippen molar-refractivity contribution in [3.63, 3.8) is 0 Å². The summed E-state index contributed by atoms with van der Waals surface area (Å²) in [5.74, 6) is -0.154. The van der Waals surface area contributed by atoms with Gasteiger partial charge < -0.3 is 24.6 Å². The molecule has 3 rings (SSSR count). The molecule has 1 aliphatic rings. The van der Waals surface area contributed by atoms with Crippen LogP contribution in [0.4, 0.5) is 5.69 Å². The van der Waals surface area contributed by atoms with Gasteiger partial charge in [-0.3, -0.25) is 14.4 Å². The molecule has 0 spiro atoms. The second kappa shape index (κ2) is 11.2. The molecule has 0 aromatic heterocycles. The maximum atomic E-state index is 13.4. The van der Waals surface area contributed by atoms with E-state index in [-0.39, 0.29) is 42.4 Å². The van der Waals surface area contributed by atoms with Gasteiger partial charge in [-0.25, -0.2) is 0 Å². The lowest BCUT2D eigenvalue weighted by Gasteiger charge is -2.35. The first kappa shape index (κ1) is 25.2. The lowest BCUT2D eigenvalue weighted by atomic mass is 10.0. The lowest BCUT2D eigenvalue weighted by Crippen LogP contribution is -2.48. The van der Waals surface area contributed by atoms with Crippen molar-refractivity contribution < 1.29 is 23.9 Å². The summed E-state index contributed by atoms with van der Waals surface area (Å²) in [5.41, 5.74) is 1.34. The molecule has 1 N–H and O–H groups in total. The molecule has 182 valence electrons. The van der Waals surface area contributed by atoms with Crippen LogP contribution in [-0.2, 0) is 9.53 Å². The van der Waals surface area contributed by atoms with E-state index in [4.69, 9.17) is 9.47 Å². The summed E-state index contributed by atoms with van der Waals surface area (Å²) in [7, 11) is 3.32. The summed E-state index contributed by atoms with van der Waals surface area (Å²) >= 11 is 0. The van der Waals surface area contributed by atoms with E-state index in [1.165, 1.54) is 0 Å². The van der Waals surface area contributed by atoms with Gasteiger partial charge in [0, 0.05) is 51.3 Å². The third-order valence-electron chi connectivity index (χ3n) is 6.14. The Morgan fingerprint density at radius 3 is 2.44 bits per heavy atom. The minimum absolute atomic E-state index is 0.00184. The topological polar surface area (TPSA) is 88.2 Å². The molecule has 0 fully saturated rings. The first-order valence-electron chi connectivity index (χ1n) is 11.4. The number of carbonyl (C=O) groups excluding carboxylic acids is 3. The molecule has 0 saturated carbocycles. The smallest absolute Gasteiger partial charge is 0.257 e. The van der Waals surface area contributed by atoms with Gasteiger partial charge in [0.15, 0.2) is 0 Å². The highest BCUT2D eigenvalue weighted by molar-refractivity contribution is 6.05. The maximum absolute atomic E-state index is 13.4. The van der Waals surface area contributed by atoms with E-state index in [0.717, 1.165) is 0 Å². The molecule has 0 aliphatic carbocycles. The highest BCUT2D eigenvalue weighted by Crippen LogP contribution is 2.26. The van der Waals surface area contributed by atoms with E-state index < -0.39 is 0 Å². The summed E-state index contributed by atoms with van der Waals surface area (Å²) in [6, 6.07) is 13.7. The average molecular weight is 468 g/mol. The number of amides is 3. The number of benzene rings is 2. The Morgan fingerprint density at radius 2 is 1.79 bits per heavy atom. The molecule has 0 unspecified atom stereocenters. The fraction of sp³-hybridized carbons (Fsp3) is 0.423. The largest absolute Gasteiger partial charge is 0.491 e. The molecule has 1 aliphatic heterocycles. The van der Waals surface area contributed by atoms with Crippen molar-refractivity contribution in [3.8, 4) is 5.75 Å². The van der Waals surface area contributed by atoms with Crippen molar-refractivity contribution in [2.45, 2.75) is 32.9 Å². The molecule has 1 heterocycles. The van der Waals surface area contributed by atoms with Crippen molar-refractivity contribution >= 4 is 23.4 Å². The number of carbonyl (C=O) groups is 3. The van der Waals surface area contributed by atoms with Gasteiger partial charge in [-0.05, 0) is 37.3 Å². The molecule has 0 radical (unpaired) electrons. The molecule has 3 atom stereocenters. The van der Waals surface area contributed by atoms with E-state index in [1.807, 2.05) is 19.9 Å². The van der Waals surface area contributed by atoms with Crippen LogP contribution in [0.2, 0.25) is 0 Å². The van der Waals surface area contributed by atoms with E-state index in [2.05, 4.69) is 5.32 Å². The zero-order chi connectivity index (χ0) is 24.8. The number of nitrogens with zero attached hydrogens (tertiary/aromatic N) is 2. The molecular weight excluding hydrogens is 434 g/mol. The number of nitrogens with one attached hydrogen (secondary N) is 1. The number of hydrogen-bond acceptors (Lipinski definition) is 5. The van der Waals surface area contributed by atoms with Crippen LogP contribution >= 0.6 is 0 Å². The Balaban J connectivity index is 1.94. The second-order valence-electron chi connectivity index (χ2n) is 8.80. The van der Waals surface area contributed by atoms with E-state index in [9.17, 15) is 14.4 Å². The van der Waals surface area contributed by atoms with Crippen molar-refractivity contribution in [2.75, 3.05) is 39.2 Å². The van der Waals surface area contributed by atoms with Gasteiger partial charge in [0.1, 0.15) is 12.4 Å². The molecule has 0 saturated heterocycles. The highest BCUT2D eigenvalue weighted by Gasteiger charge is 2.29. The minimum Gasteiger partial charge on any atom is -0.491 e. The number of anilines is 1. The Kier molecular flexibility index (Phi) is 8.28. The van der Waals surface area contributed by atoms with Gasteiger partial charge >= 0.3 is 0 Å². The van der Waals surface area contributed by atoms with Crippen molar-refractivity contribution in [2.24, 2.45) is 5.92 Å². The molecule has 2 aromatic carbocycles. The average Bonchev–Trinajstić information content (AvgIpc) is 2.83. The number of likely N-dealkylation sites (N-methyl/N-ethyl adjacent to an activating group) is 1. The predicted octanol–water partition coefficient (Wildman–Crippen LogP) is 3.29. The molecule has 3 amide bonds. The molecule has 0 bridgehead atoms. The Bertz CT molecular complexity index is 1030. The number of hydrogen-bond donors (Lipinski definition) is 1. The van der Waals surface area contributed by atoms with Gasteiger partial charge in [0.05, 0.1) is 17.7 Å².